The number of carbonyl (C=O) groups excluding carboxylic acids is 1. The second-order valence-electron chi connectivity index (χ2n) is 9.22. The van der Waals surface area contributed by atoms with Gasteiger partial charge in [-0.15, -0.1) is 0 Å². The Bertz CT molecular complexity index is 896. The van der Waals surface area contributed by atoms with Crippen LogP contribution in [-0.4, -0.2) is 40.2 Å². The van der Waals surface area contributed by atoms with Crippen molar-refractivity contribution in [2.75, 3.05) is 13.2 Å². The van der Waals surface area contributed by atoms with Crippen LogP contribution < -0.4 is 0 Å². The van der Waals surface area contributed by atoms with Crippen molar-refractivity contribution in [2.24, 2.45) is 0 Å². The molecule has 0 aliphatic carbocycles. The minimum Gasteiger partial charge on any atom is -0.463 e. The van der Waals surface area contributed by atoms with E-state index >= 15 is 0 Å². The number of benzene rings is 2. The summed E-state index contributed by atoms with van der Waals surface area (Å²) in [6.45, 7) is -0.917. The van der Waals surface area contributed by atoms with Gasteiger partial charge in [0.05, 0.1) is 6.61 Å². The van der Waals surface area contributed by atoms with Crippen molar-refractivity contribution in [1.29, 1.82) is 0 Å². The third-order valence-electron chi connectivity index (χ3n) is 6.03. The van der Waals surface area contributed by atoms with E-state index < -0.39 is 26.5 Å². The van der Waals surface area contributed by atoms with Gasteiger partial charge in [0.25, 0.3) is 0 Å². The number of esters is 1. The summed E-state index contributed by atoms with van der Waals surface area (Å²) in [6, 6.07) is 19.4. The molecule has 0 aromatic heterocycles. The van der Waals surface area contributed by atoms with Gasteiger partial charge in [-0.2, -0.15) is 0 Å². The van der Waals surface area contributed by atoms with E-state index in [1.54, 1.807) is 0 Å². The van der Waals surface area contributed by atoms with Gasteiger partial charge < -0.3 is 19.6 Å². The number of phosphoric acid groups is 1. The van der Waals surface area contributed by atoms with E-state index in [0.717, 1.165) is 25.7 Å². The van der Waals surface area contributed by atoms with Crippen molar-refractivity contribution in [3.63, 3.8) is 0 Å². The van der Waals surface area contributed by atoms with E-state index in [1.165, 1.54) is 61.6 Å². The van der Waals surface area contributed by atoms with Crippen LogP contribution in [0.15, 0.2) is 54.6 Å². The van der Waals surface area contributed by atoms with Crippen molar-refractivity contribution in [1.82, 2.24) is 0 Å². The Morgan fingerprint density at radius 1 is 0.722 bits per heavy atom. The molecule has 0 unspecified atom stereocenters. The highest BCUT2D eigenvalue weighted by molar-refractivity contribution is 7.46. The highest BCUT2D eigenvalue weighted by Gasteiger charge is 2.17. The normalized spacial score (nSPS) is 12.4. The number of hydrogen-bond acceptors (Lipinski definition) is 5. The van der Waals surface area contributed by atoms with E-state index in [1.807, 2.05) is 6.07 Å². The van der Waals surface area contributed by atoms with E-state index in [-0.39, 0.29) is 13.0 Å². The molecule has 2 aromatic rings. The minimum atomic E-state index is -4.63. The maximum Gasteiger partial charge on any atom is 0.469 e. The Balaban J connectivity index is 1.37. The molecular weight excluding hydrogens is 479 g/mol. The van der Waals surface area contributed by atoms with Crippen molar-refractivity contribution in [3.8, 4) is 11.1 Å². The lowest BCUT2D eigenvalue weighted by Gasteiger charge is -2.12. The van der Waals surface area contributed by atoms with Crippen molar-refractivity contribution in [3.05, 3.63) is 60.2 Å². The van der Waals surface area contributed by atoms with Gasteiger partial charge in [-0.25, -0.2) is 4.57 Å². The van der Waals surface area contributed by atoms with Gasteiger partial charge in [0.15, 0.2) is 0 Å². The van der Waals surface area contributed by atoms with Gasteiger partial charge in [-0.1, -0.05) is 106 Å². The summed E-state index contributed by atoms with van der Waals surface area (Å²) >= 11 is 0. The first-order chi connectivity index (χ1) is 17.3. The van der Waals surface area contributed by atoms with E-state index in [0.29, 0.717) is 0 Å². The molecule has 0 bridgehead atoms. The summed E-state index contributed by atoms with van der Waals surface area (Å²) in [5.41, 5.74) is 3.93. The van der Waals surface area contributed by atoms with Crippen molar-refractivity contribution >= 4 is 13.8 Å². The Hall–Kier alpha value is -2.02. The number of aliphatic hydroxyl groups is 1. The van der Waals surface area contributed by atoms with Crippen LogP contribution in [0.2, 0.25) is 0 Å². The van der Waals surface area contributed by atoms with Crippen LogP contribution in [0, 0.1) is 0 Å². The molecule has 7 nitrogen and oxygen atoms in total. The van der Waals surface area contributed by atoms with Crippen LogP contribution in [0.1, 0.15) is 76.2 Å². The SMILES string of the molecule is O=C(CCCCCCCCCCCCc1ccc(-c2ccccc2)cc1)OC[C@@H](O)COP(=O)(O)O. The fourth-order valence-electron chi connectivity index (χ4n) is 4.00. The van der Waals surface area contributed by atoms with E-state index in [2.05, 4.69) is 53.1 Å². The summed E-state index contributed by atoms with van der Waals surface area (Å²) in [5.74, 6) is -0.419. The van der Waals surface area contributed by atoms with E-state index in [4.69, 9.17) is 14.5 Å². The zero-order valence-electron chi connectivity index (χ0n) is 21.1. The number of rotatable bonds is 19. The Labute approximate surface area is 215 Å². The molecule has 200 valence electrons. The Morgan fingerprint density at radius 3 is 1.83 bits per heavy atom. The van der Waals surface area contributed by atoms with E-state index in [9.17, 15) is 14.5 Å². The third kappa shape index (κ3) is 14.5. The number of ether oxygens (including phenoxy) is 1. The highest BCUT2D eigenvalue weighted by atomic mass is 31.2. The van der Waals surface area contributed by atoms with Gasteiger partial charge in [-0.05, 0) is 36.0 Å². The molecule has 0 aliphatic heterocycles. The Morgan fingerprint density at radius 2 is 1.25 bits per heavy atom. The second kappa shape index (κ2) is 17.4. The number of phosphoric ester groups is 1. The second-order valence-corrected chi connectivity index (χ2v) is 10.5. The number of aryl methyl sites for hydroxylation is 1. The molecule has 8 heteroatoms. The molecule has 0 saturated heterocycles. The topological polar surface area (TPSA) is 113 Å². The highest BCUT2D eigenvalue weighted by Crippen LogP contribution is 2.35. The van der Waals surface area contributed by atoms with Crippen LogP contribution in [0.4, 0.5) is 0 Å². The number of carbonyl (C=O) groups is 1. The zero-order chi connectivity index (χ0) is 26.1. The third-order valence-corrected chi connectivity index (χ3v) is 6.51. The quantitative estimate of drug-likeness (QED) is 0.115. The molecule has 0 aliphatic rings. The summed E-state index contributed by atoms with van der Waals surface area (Å²) < 4.78 is 19.6. The first kappa shape index (κ1) is 30.2. The lowest BCUT2D eigenvalue weighted by Crippen LogP contribution is -2.23. The maximum atomic E-state index is 11.6. The average molecular weight is 521 g/mol. The molecular formula is C28H41O7P. The lowest BCUT2D eigenvalue weighted by molar-refractivity contribution is -0.147. The largest absolute Gasteiger partial charge is 0.469 e. The molecule has 36 heavy (non-hydrogen) atoms. The first-order valence-corrected chi connectivity index (χ1v) is 14.5. The van der Waals surface area contributed by atoms with Gasteiger partial charge in [0, 0.05) is 6.42 Å². The molecule has 0 amide bonds. The molecule has 2 aromatic carbocycles. The van der Waals surface area contributed by atoms with Crippen LogP contribution >= 0.6 is 7.82 Å². The Kier molecular flexibility index (Phi) is 14.6. The van der Waals surface area contributed by atoms with Gasteiger partial charge in [0.1, 0.15) is 12.7 Å². The standard InChI is InChI=1S/C28H41O7P/c29-27(23-35-36(31,32)33)22-34-28(30)17-13-8-6-4-2-1-3-5-7-10-14-24-18-20-26(21-19-24)25-15-11-9-12-16-25/h9,11-12,15-16,18-21,27,29H,1-8,10,13-14,17,22-23H2,(H2,31,32,33)/t27-/m1/s1. The molecule has 2 rings (SSSR count). The first-order valence-electron chi connectivity index (χ1n) is 13.0. The van der Waals surface area contributed by atoms with Gasteiger partial charge in [0.2, 0.25) is 0 Å². The monoisotopic (exact) mass is 520 g/mol. The fourth-order valence-corrected chi connectivity index (χ4v) is 4.37. The molecule has 0 heterocycles. The molecule has 0 radical (unpaired) electrons. The fraction of sp³-hybridized carbons (Fsp3) is 0.536. The minimum absolute atomic E-state index is 0.279. The predicted molar refractivity (Wildman–Crippen MR) is 141 cm³/mol. The maximum absolute atomic E-state index is 11.6. The smallest absolute Gasteiger partial charge is 0.463 e. The predicted octanol–water partition coefficient (Wildman–Crippen LogP) is 6.20. The average Bonchev–Trinajstić information content (AvgIpc) is 2.87. The van der Waals surface area contributed by atoms with Gasteiger partial charge in [-0.3, -0.25) is 9.32 Å². The molecule has 0 spiro atoms. The lowest BCUT2D eigenvalue weighted by atomic mass is 10.0. The number of unbranched alkanes of at least 4 members (excludes halogenated alkanes) is 9. The van der Waals surface area contributed by atoms with Crippen molar-refractivity contribution < 1.29 is 33.5 Å². The van der Waals surface area contributed by atoms with Crippen LogP contribution in [-0.2, 0) is 25.0 Å². The summed E-state index contributed by atoms with van der Waals surface area (Å²) in [7, 11) is -4.63. The van der Waals surface area contributed by atoms with Crippen LogP contribution in [0.3, 0.4) is 0 Å². The van der Waals surface area contributed by atoms with Crippen molar-refractivity contribution in [2.45, 2.75) is 83.2 Å². The number of hydrogen-bond donors (Lipinski definition) is 3. The summed E-state index contributed by atoms with van der Waals surface area (Å²) in [6.07, 6.45) is 11.6. The van der Waals surface area contributed by atoms with Crippen LogP contribution in [0.5, 0.6) is 0 Å². The van der Waals surface area contributed by atoms with Gasteiger partial charge >= 0.3 is 13.8 Å². The number of aliphatic hydroxyl groups excluding tert-OH is 1. The zero-order valence-corrected chi connectivity index (χ0v) is 22.0. The molecule has 0 saturated carbocycles. The molecule has 0 fully saturated rings. The van der Waals surface area contributed by atoms with Crippen LogP contribution in [0.25, 0.3) is 11.1 Å². The molecule has 1 atom stereocenters. The summed E-state index contributed by atoms with van der Waals surface area (Å²) in [5, 5.41) is 9.47. The molecule has 3 N–H and O–H groups in total. The summed E-state index contributed by atoms with van der Waals surface area (Å²) in [4.78, 5) is 28.8.